The summed E-state index contributed by atoms with van der Waals surface area (Å²) >= 11 is 6.09. The first kappa shape index (κ1) is 12.8. The smallest absolute Gasteiger partial charge is 0.123 e. The van der Waals surface area contributed by atoms with Crippen LogP contribution in [0.4, 0.5) is 4.39 Å². The molecule has 0 saturated heterocycles. The second-order valence-corrected chi connectivity index (χ2v) is 5.69. The predicted octanol–water partition coefficient (Wildman–Crippen LogP) is 3.79. The van der Waals surface area contributed by atoms with E-state index in [0.717, 1.165) is 24.8 Å². The number of rotatable bonds is 2. The molecule has 94 valence electrons. The Labute approximate surface area is 107 Å². The Balaban J connectivity index is 2.11. The molecule has 3 atom stereocenters. The molecular formula is C14H19ClFN. The van der Waals surface area contributed by atoms with Crippen LogP contribution in [0.25, 0.3) is 0 Å². The van der Waals surface area contributed by atoms with Crippen LogP contribution >= 0.6 is 11.6 Å². The monoisotopic (exact) mass is 255 g/mol. The van der Waals surface area contributed by atoms with Crippen molar-refractivity contribution in [3.8, 4) is 0 Å². The van der Waals surface area contributed by atoms with Gasteiger partial charge in [0.05, 0.1) is 0 Å². The summed E-state index contributed by atoms with van der Waals surface area (Å²) in [7, 11) is 0. The lowest BCUT2D eigenvalue weighted by atomic mass is 9.76. The molecule has 17 heavy (non-hydrogen) atoms. The lowest BCUT2D eigenvalue weighted by Gasteiger charge is -2.32. The fourth-order valence-electron chi connectivity index (χ4n) is 2.74. The van der Waals surface area contributed by atoms with E-state index in [4.69, 9.17) is 17.3 Å². The van der Waals surface area contributed by atoms with Gasteiger partial charge in [-0.3, -0.25) is 0 Å². The fraction of sp³-hybridized carbons (Fsp3) is 0.571. The van der Waals surface area contributed by atoms with E-state index in [2.05, 4.69) is 6.92 Å². The third kappa shape index (κ3) is 3.20. The number of benzene rings is 1. The van der Waals surface area contributed by atoms with Crippen LogP contribution in [0.3, 0.4) is 0 Å². The first-order chi connectivity index (χ1) is 8.06. The molecule has 0 amide bonds. The third-order valence-corrected chi connectivity index (χ3v) is 4.16. The highest BCUT2D eigenvalue weighted by Crippen LogP contribution is 2.32. The third-order valence-electron chi connectivity index (χ3n) is 3.79. The van der Waals surface area contributed by atoms with E-state index in [0.29, 0.717) is 16.9 Å². The minimum Gasteiger partial charge on any atom is -0.327 e. The van der Waals surface area contributed by atoms with Gasteiger partial charge in [0.15, 0.2) is 0 Å². The van der Waals surface area contributed by atoms with Crippen LogP contribution in [0.5, 0.6) is 0 Å². The van der Waals surface area contributed by atoms with Gasteiger partial charge in [-0.2, -0.15) is 0 Å². The maximum atomic E-state index is 13.2. The van der Waals surface area contributed by atoms with Crippen molar-refractivity contribution in [1.82, 2.24) is 0 Å². The van der Waals surface area contributed by atoms with Crippen LogP contribution in [0.15, 0.2) is 18.2 Å². The molecule has 3 unspecified atom stereocenters. The van der Waals surface area contributed by atoms with Crippen molar-refractivity contribution in [1.29, 1.82) is 0 Å². The summed E-state index contributed by atoms with van der Waals surface area (Å²) in [6, 6.07) is 4.79. The summed E-state index contributed by atoms with van der Waals surface area (Å²) in [4.78, 5) is 0. The molecule has 3 heteroatoms. The van der Waals surface area contributed by atoms with Crippen LogP contribution in [-0.2, 0) is 6.42 Å². The van der Waals surface area contributed by atoms with Gasteiger partial charge in [-0.05, 0) is 61.3 Å². The zero-order valence-electron chi connectivity index (χ0n) is 10.1. The Bertz CT molecular complexity index is 394. The SMILES string of the molecule is CC1CCC(N)C(Cc2cc(F)ccc2Cl)C1. The predicted molar refractivity (Wildman–Crippen MR) is 69.6 cm³/mol. The minimum atomic E-state index is -0.221. The van der Waals surface area contributed by atoms with Gasteiger partial charge in [0.25, 0.3) is 0 Å². The maximum absolute atomic E-state index is 13.2. The van der Waals surface area contributed by atoms with Crippen molar-refractivity contribution < 1.29 is 4.39 Å². The number of hydrogen-bond acceptors (Lipinski definition) is 1. The number of hydrogen-bond donors (Lipinski definition) is 1. The molecule has 1 nitrogen and oxygen atoms in total. The topological polar surface area (TPSA) is 26.0 Å². The molecule has 2 N–H and O–H groups in total. The number of nitrogens with two attached hydrogens (primary N) is 1. The van der Waals surface area contributed by atoms with Gasteiger partial charge >= 0.3 is 0 Å². The van der Waals surface area contributed by atoms with Gasteiger partial charge in [0, 0.05) is 11.1 Å². The van der Waals surface area contributed by atoms with Crippen LogP contribution < -0.4 is 5.73 Å². The quantitative estimate of drug-likeness (QED) is 0.855. The second kappa shape index (κ2) is 5.36. The van der Waals surface area contributed by atoms with E-state index in [9.17, 15) is 4.39 Å². The first-order valence-electron chi connectivity index (χ1n) is 6.25. The molecule has 0 radical (unpaired) electrons. The number of halogens is 2. The van der Waals surface area contributed by atoms with E-state index in [-0.39, 0.29) is 11.9 Å². The molecule has 0 spiro atoms. The van der Waals surface area contributed by atoms with Gasteiger partial charge in [-0.25, -0.2) is 4.39 Å². The lowest BCUT2D eigenvalue weighted by Crippen LogP contribution is -2.36. The first-order valence-corrected chi connectivity index (χ1v) is 6.63. The highest BCUT2D eigenvalue weighted by molar-refractivity contribution is 6.31. The molecule has 1 aromatic rings. The summed E-state index contributed by atoms with van der Waals surface area (Å²) in [5.74, 6) is 0.923. The van der Waals surface area contributed by atoms with Gasteiger partial charge in [0.2, 0.25) is 0 Å². The Kier molecular flexibility index (Phi) is 4.05. The summed E-state index contributed by atoms with van der Waals surface area (Å²) in [6.07, 6.45) is 4.18. The minimum absolute atomic E-state index is 0.221. The highest BCUT2D eigenvalue weighted by Gasteiger charge is 2.26. The van der Waals surface area contributed by atoms with Gasteiger partial charge in [-0.1, -0.05) is 18.5 Å². The molecular weight excluding hydrogens is 237 g/mol. The Morgan fingerprint density at radius 1 is 1.41 bits per heavy atom. The van der Waals surface area contributed by atoms with Crippen LogP contribution in [0.1, 0.15) is 31.7 Å². The summed E-state index contributed by atoms with van der Waals surface area (Å²) in [5.41, 5.74) is 7.03. The normalized spacial score (nSPS) is 29.3. The van der Waals surface area contributed by atoms with Crippen molar-refractivity contribution in [3.05, 3.63) is 34.6 Å². The zero-order valence-corrected chi connectivity index (χ0v) is 10.9. The largest absolute Gasteiger partial charge is 0.327 e. The average Bonchev–Trinajstić information content (AvgIpc) is 2.28. The van der Waals surface area contributed by atoms with Crippen molar-refractivity contribution in [2.75, 3.05) is 0 Å². The van der Waals surface area contributed by atoms with Gasteiger partial charge in [0.1, 0.15) is 5.82 Å². The van der Waals surface area contributed by atoms with Crippen molar-refractivity contribution in [3.63, 3.8) is 0 Å². The van der Waals surface area contributed by atoms with Crippen LogP contribution in [0, 0.1) is 17.7 Å². The fourth-order valence-corrected chi connectivity index (χ4v) is 2.93. The molecule has 0 aromatic heterocycles. The Morgan fingerprint density at radius 3 is 2.94 bits per heavy atom. The lowest BCUT2D eigenvalue weighted by molar-refractivity contribution is 0.244. The molecule has 1 aliphatic carbocycles. The standard InChI is InChI=1S/C14H19ClFN/c1-9-2-5-14(17)11(6-9)7-10-8-12(16)3-4-13(10)15/h3-4,8-9,11,14H,2,5-7,17H2,1H3. The summed E-state index contributed by atoms with van der Waals surface area (Å²) in [6.45, 7) is 2.26. The summed E-state index contributed by atoms with van der Waals surface area (Å²) in [5, 5.41) is 0.650. The van der Waals surface area contributed by atoms with E-state index in [1.165, 1.54) is 18.6 Å². The molecule has 2 rings (SSSR count). The molecule has 1 fully saturated rings. The van der Waals surface area contributed by atoms with E-state index in [1.807, 2.05) is 0 Å². The molecule has 1 saturated carbocycles. The summed E-state index contributed by atoms with van der Waals surface area (Å²) < 4.78 is 13.2. The zero-order chi connectivity index (χ0) is 12.4. The van der Waals surface area contributed by atoms with Gasteiger partial charge in [-0.15, -0.1) is 0 Å². The molecule has 1 aliphatic rings. The average molecular weight is 256 g/mol. The van der Waals surface area contributed by atoms with E-state index < -0.39 is 0 Å². The van der Waals surface area contributed by atoms with Crippen LogP contribution in [-0.4, -0.2) is 6.04 Å². The molecule has 0 heterocycles. The van der Waals surface area contributed by atoms with E-state index >= 15 is 0 Å². The van der Waals surface area contributed by atoms with E-state index in [1.54, 1.807) is 6.07 Å². The molecule has 0 aliphatic heterocycles. The second-order valence-electron chi connectivity index (χ2n) is 5.28. The molecule has 0 bridgehead atoms. The highest BCUT2D eigenvalue weighted by atomic mass is 35.5. The van der Waals surface area contributed by atoms with Crippen molar-refractivity contribution in [2.24, 2.45) is 17.6 Å². The van der Waals surface area contributed by atoms with Gasteiger partial charge < -0.3 is 5.73 Å². The maximum Gasteiger partial charge on any atom is 0.123 e. The Hall–Kier alpha value is -0.600. The molecule has 1 aromatic carbocycles. The van der Waals surface area contributed by atoms with Crippen LogP contribution in [0.2, 0.25) is 5.02 Å². The Morgan fingerprint density at radius 2 is 2.18 bits per heavy atom. The van der Waals surface area contributed by atoms with Crippen molar-refractivity contribution in [2.45, 2.75) is 38.6 Å². The van der Waals surface area contributed by atoms with Crippen molar-refractivity contribution >= 4 is 11.6 Å².